The quantitative estimate of drug-likeness (QED) is 0.856. The van der Waals surface area contributed by atoms with Crippen LogP contribution >= 0.6 is 11.6 Å². The van der Waals surface area contributed by atoms with E-state index in [0.717, 1.165) is 0 Å². The molecule has 1 heterocycles. The highest BCUT2D eigenvalue weighted by Crippen LogP contribution is 2.29. The number of rotatable bonds is 3. The van der Waals surface area contributed by atoms with Crippen molar-refractivity contribution in [2.75, 3.05) is 20.2 Å². The molecule has 1 fully saturated rings. The molecule has 0 radical (unpaired) electrons. The molecule has 5 nitrogen and oxygen atoms in total. The molecule has 7 heteroatoms. The summed E-state index contributed by atoms with van der Waals surface area (Å²) in [5.74, 6) is 0.453. The maximum atomic E-state index is 12.6. The van der Waals surface area contributed by atoms with E-state index in [1.54, 1.807) is 6.07 Å². The Morgan fingerprint density at radius 2 is 1.90 bits per heavy atom. The van der Waals surface area contributed by atoms with Crippen LogP contribution in [-0.2, 0) is 14.8 Å². The van der Waals surface area contributed by atoms with Gasteiger partial charge in [-0.05, 0) is 32.0 Å². The number of methoxy groups -OCH3 is 1. The van der Waals surface area contributed by atoms with E-state index < -0.39 is 10.0 Å². The highest BCUT2D eigenvalue weighted by Gasteiger charge is 2.32. The van der Waals surface area contributed by atoms with Gasteiger partial charge in [-0.25, -0.2) is 8.42 Å². The number of ether oxygens (including phenoxy) is 2. The van der Waals surface area contributed by atoms with E-state index in [9.17, 15) is 8.42 Å². The zero-order valence-electron chi connectivity index (χ0n) is 11.7. The summed E-state index contributed by atoms with van der Waals surface area (Å²) in [5.41, 5.74) is 0. The number of halogens is 1. The zero-order chi connectivity index (χ0) is 14.9. The standard InChI is InChI=1S/C13H18ClNO4S/c1-9-7-15(8-10(2)19-9)20(16,17)11-4-5-13(18-3)12(14)6-11/h4-6,9-10H,7-8H2,1-3H3/t9-,10-/m0/s1. The monoisotopic (exact) mass is 319 g/mol. The van der Waals surface area contributed by atoms with Crippen molar-refractivity contribution in [1.29, 1.82) is 0 Å². The maximum absolute atomic E-state index is 12.6. The Balaban J connectivity index is 2.32. The van der Waals surface area contributed by atoms with Gasteiger partial charge in [0.15, 0.2) is 0 Å². The molecule has 2 rings (SSSR count). The Morgan fingerprint density at radius 3 is 2.40 bits per heavy atom. The molecule has 1 aromatic rings. The summed E-state index contributed by atoms with van der Waals surface area (Å²) in [5, 5.41) is 0.280. The number of nitrogens with zero attached hydrogens (tertiary/aromatic N) is 1. The second-order valence-corrected chi connectivity index (χ2v) is 7.22. The van der Waals surface area contributed by atoms with Crippen molar-refractivity contribution < 1.29 is 17.9 Å². The molecule has 1 aromatic carbocycles. The molecule has 0 aliphatic carbocycles. The zero-order valence-corrected chi connectivity index (χ0v) is 13.2. The van der Waals surface area contributed by atoms with Crippen LogP contribution in [0.25, 0.3) is 0 Å². The van der Waals surface area contributed by atoms with Crippen LogP contribution < -0.4 is 4.74 Å². The third-order valence-corrected chi connectivity index (χ3v) is 5.27. The van der Waals surface area contributed by atoms with Crippen molar-refractivity contribution in [2.24, 2.45) is 0 Å². The summed E-state index contributed by atoms with van der Waals surface area (Å²) in [6.07, 6.45) is -0.246. The van der Waals surface area contributed by atoms with Gasteiger partial charge in [-0.2, -0.15) is 4.31 Å². The van der Waals surface area contributed by atoms with Gasteiger partial charge < -0.3 is 9.47 Å². The van der Waals surface area contributed by atoms with Gasteiger partial charge in [0.1, 0.15) is 5.75 Å². The van der Waals surface area contributed by atoms with Crippen molar-refractivity contribution in [3.05, 3.63) is 23.2 Å². The van der Waals surface area contributed by atoms with E-state index in [1.165, 1.54) is 23.5 Å². The lowest BCUT2D eigenvalue weighted by Gasteiger charge is -2.34. The fourth-order valence-corrected chi connectivity index (χ4v) is 4.22. The van der Waals surface area contributed by atoms with Crippen molar-refractivity contribution in [3.8, 4) is 5.75 Å². The van der Waals surface area contributed by atoms with Gasteiger partial charge >= 0.3 is 0 Å². The predicted molar refractivity (Wildman–Crippen MR) is 76.8 cm³/mol. The first-order valence-corrected chi connectivity index (χ1v) is 8.15. The first-order chi connectivity index (χ1) is 9.34. The Bertz CT molecular complexity index is 580. The summed E-state index contributed by atoms with van der Waals surface area (Å²) >= 11 is 6.00. The number of hydrogen-bond acceptors (Lipinski definition) is 4. The molecule has 1 aliphatic rings. The van der Waals surface area contributed by atoms with E-state index in [1.807, 2.05) is 13.8 Å². The normalized spacial score (nSPS) is 24.6. The largest absolute Gasteiger partial charge is 0.495 e. The molecule has 1 aliphatic heterocycles. The molecule has 0 saturated carbocycles. The number of benzene rings is 1. The second-order valence-electron chi connectivity index (χ2n) is 4.88. The molecule has 112 valence electrons. The van der Waals surface area contributed by atoms with Crippen LogP contribution in [0.1, 0.15) is 13.8 Å². The molecule has 0 spiro atoms. The summed E-state index contributed by atoms with van der Waals surface area (Å²) < 4.78 is 37.2. The Hall–Kier alpha value is -0.820. The van der Waals surface area contributed by atoms with E-state index in [4.69, 9.17) is 21.1 Å². The first kappa shape index (κ1) is 15.6. The van der Waals surface area contributed by atoms with Crippen molar-refractivity contribution in [2.45, 2.75) is 31.0 Å². The summed E-state index contributed by atoms with van der Waals surface area (Å²) in [7, 11) is -2.08. The molecule has 0 amide bonds. The topological polar surface area (TPSA) is 55.8 Å². The van der Waals surface area contributed by atoms with Crippen LogP contribution in [-0.4, -0.2) is 45.1 Å². The smallest absolute Gasteiger partial charge is 0.243 e. The Morgan fingerprint density at radius 1 is 1.30 bits per heavy atom. The van der Waals surface area contributed by atoms with Crippen LogP contribution in [0.15, 0.2) is 23.1 Å². The molecule has 1 saturated heterocycles. The van der Waals surface area contributed by atoms with E-state index in [-0.39, 0.29) is 22.1 Å². The minimum Gasteiger partial charge on any atom is -0.495 e. The highest BCUT2D eigenvalue weighted by molar-refractivity contribution is 7.89. The number of hydrogen-bond donors (Lipinski definition) is 0. The van der Waals surface area contributed by atoms with Crippen LogP contribution in [0.5, 0.6) is 5.75 Å². The van der Waals surface area contributed by atoms with Crippen molar-refractivity contribution >= 4 is 21.6 Å². The lowest BCUT2D eigenvalue weighted by molar-refractivity contribution is -0.0440. The van der Waals surface area contributed by atoms with Crippen molar-refractivity contribution in [3.63, 3.8) is 0 Å². The second kappa shape index (κ2) is 5.89. The third kappa shape index (κ3) is 3.09. The van der Waals surface area contributed by atoms with Gasteiger partial charge in [-0.15, -0.1) is 0 Å². The summed E-state index contributed by atoms with van der Waals surface area (Å²) in [6.45, 7) is 4.41. The van der Waals surface area contributed by atoms with E-state index in [2.05, 4.69) is 0 Å². The van der Waals surface area contributed by atoms with E-state index >= 15 is 0 Å². The van der Waals surface area contributed by atoms with Crippen LogP contribution in [0.2, 0.25) is 5.02 Å². The van der Waals surface area contributed by atoms with Gasteiger partial charge in [0.25, 0.3) is 0 Å². The highest BCUT2D eigenvalue weighted by atomic mass is 35.5. The molecule has 0 aromatic heterocycles. The van der Waals surface area contributed by atoms with Gasteiger partial charge in [-0.3, -0.25) is 0 Å². The fourth-order valence-electron chi connectivity index (χ4n) is 2.28. The first-order valence-electron chi connectivity index (χ1n) is 6.33. The molecule has 0 bridgehead atoms. The average molecular weight is 320 g/mol. The number of sulfonamides is 1. The van der Waals surface area contributed by atoms with E-state index in [0.29, 0.717) is 18.8 Å². The lowest BCUT2D eigenvalue weighted by atomic mass is 10.3. The van der Waals surface area contributed by atoms with Gasteiger partial charge in [0.05, 0.1) is 29.2 Å². The summed E-state index contributed by atoms with van der Waals surface area (Å²) in [4.78, 5) is 0.171. The minimum absolute atomic E-state index is 0.123. The van der Waals surface area contributed by atoms with Gasteiger partial charge in [-0.1, -0.05) is 11.6 Å². The average Bonchev–Trinajstić information content (AvgIpc) is 2.37. The van der Waals surface area contributed by atoms with Crippen LogP contribution in [0.4, 0.5) is 0 Å². The van der Waals surface area contributed by atoms with Crippen LogP contribution in [0.3, 0.4) is 0 Å². The lowest BCUT2D eigenvalue weighted by Crippen LogP contribution is -2.48. The van der Waals surface area contributed by atoms with Gasteiger partial charge in [0, 0.05) is 13.1 Å². The number of morpholine rings is 1. The fraction of sp³-hybridized carbons (Fsp3) is 0.538. The molecule has 0 N–H and O–H groups in total. The molecular formula is C13H18ClNO4S. The SMILES string of the molecule is COc1ccc(S(=O)(=O)N2C[C@H](C)O[C@@H](C)C2)cc1Cl. The summed E-state index contributed by atoms with van der Waals surface area (Å²) in [6, 6.07) is 4.48. The Labute approximate surface area is 124 Å². The van der Waals surface area contributed by atoms with Crippen LogP contribution in [0, 0.1) is 0 Å². The molecule has 2 atom stereocenters. The Kier molecular flexibility index (Phi) is 4.59. The van der Waals surface area contributed by atoms with Crippen molar-refractivity contribution in [1.82, 2.24) is 4.31 Å². The third-order valence-electron chi connectivity index (χ3n) is 3.15. The molecule has 0 unspecified atom stereocenters. The predicted octanol–water partition coefficient (Wildman–Crippen LogP) is 2.15. The van der Waals surface area contributed by atoms with Gasteiger partial charge in [0.2, 0.25) is 10.0 Å². The molecular weight excluding hydrogens is 302 g/mol. The minimum atomic E-state index is -3.56. The maximum Gasteiger partial charge on any atom is 0.243 e. The molecule has 20 heavy (non-hydrogen) atoms.